The fourth-order valence-corrected chi connectivity index (χ4v) is 2.46. The predicted octanol–water partition coefficient (Wildman–Crippen LogP) is 4.55. The summed E-state index contributed by atoms with van der Waals surface area (Å²) in [5, 5.41) is 7.34. The maximum Gasteiger partial charge on any atom is 0.271 e. The second kappa shape index (κ2) is 8.78. The zero-order chi connectivity index (χ0) is 18.4. The van der Waals surface area contributed by atoms with Crippen molar-refractivity contribution in [2.45, 2.75) is 20.3 Å². The van der Waals surface area contributed by atoms with E-state index in [0.717, 1.165) is 10.0 Å². The molecule has 2 aromatic rings. The number of carbonyl (C=O) groups is 2. The summed E-state index contributed by atoms with van der Waals surface area (Å²) >= 11 is 9.34. The van der Waals surface area contributed by atoms with Gasteiger partial charge >= 0.3 is 0 Å². The molecule has 0 fully saturated rings. The molecule has 5 nitrogen and oxygen atoms in total. The second-order valence-corrected chi connectivity index (χ2v) is 6.76. The molecule has 130 valence electrons. The number of hydrogen-bond acceptors (Lipinski definition) is 3. The first-order chi connectivity index (χ1) is 11.9. The number of nitrogens with one attached hydrogen (secondary N) is 2. The third kappa shape index (κ3) is 5.69. The van der Waals surface area contributed by atoms with Gasteiger partial charge in [-0.1, -0.05) is 33.6 Å². The number of carbonyl (C=O) groups excluding carboxylic acids is 2. The zero-order valence-corrected chi connectivity index (χ0v) is 16.1. The van der Waals surface area contributed by atoms with E-state index < -0.39 is 0 Å². The number of rotatable bonds is 5. The highest BCUT2D eigenvalue weighted by Crippen LogP contribution is 2.22. The molecule has 0 unspecified atom stereocenters. The van der Waals surface area contributed by atoms with E-state index in [1.165, 1.54) is 0 Å². The summed E-state index contributed by atoms with van der Waals surface area (Å²) in [6.07, 6.45) is 0.0621. The van der Waals surface area contributed by atoms with Gasteiger partial charge in [0.2, 0.25) is 5.91 Å². The SMILES string of the molecule is CC(CC(=O)Nc1cccc(Cl)c1C)=NNC(=O)c1ccc(Br)cc1. The minimum atomic E-state index is -0.335. The molecule has 0 atom stereocenters. The highest BCUT2D eigenvalue weighted by Gasteiger charge is 2.09. The van der Waals surface area contributed by atoms with Crippen LogP contribution in [0.25, 0.3) is 0 Å². The maximum atomic E-state index is 12.1. The number of hydrazone groups is 1. The number of nitrogens with zero attached hydrogens (tertiary/aromatic N) is 1. The molecule has 7 heteroatoms. The van der Waals surface area contributed by atoms with Crippen LogP contribution in [-0.4, -0.2) is 17.5 Å². The normalized spacial score (nSPS) is 11.1. The van der Waals surface area contributed by atoms with Gasteiger partial charge < -0.3 is 5.32 Å². The number of anilines is 1. The molecule has 2 rings (SSSR count). The highest BCUT2D eigenvalue weighted by atomic mass is 79.9. The van der Waals surface area contributed by atoms with Gasteiger partial charge in [-0.25, -0.2) is 5.43 Å². The Kier molecular flexibility index (Phi) is 6.73. The van der Waals surface area contributed by atoms with E-state index in [2.05, 4.69) is 31.8 Å². The first-order valence-electron chi connectivity index (χ1n) is 7.51. The average Bonchev–Trinajstić information content (AvgIpc) is 2.57. The Hall–Kier alpha value is -2.18. The largest absolute Gasteiger partial charge is 0.325 e. The standard InChI is InChI=1S/C18H17BrClN3O2/c1-11(22-23-18(25)13-6-8-14(19)9-7-13)10-17(24)21-16-5-3-4-15(20)12(16)2/h3-9H,10H2,1-2H3,(H,21,24)(H,23,25). The molecular formula is C18H17BrClN3O2. The van der Waals surface area contributed by atoms with Crippen molar-refractivity contribution < 1.29 is 9.59 Å². The van der Waals surface area contributed by atoms with Crippen molar-refractivity contribution >= 4 is 50.7 Å². The number of amides is 2. The summed E-state index contributed by atoms with van der Waals surface area (Å²) < 4.78 is 0.886. The lowest BCUT2D eigenvalue weighted by Crippen LogP contribution is -2.21. The van der Waals surface area contributed by atoms with Gasteiger partial charge in [-0.2, -0.15) is 5.10 Å². The Labute approximate surface area is 159 Å². The monoisotopic (exact) mass is 421 g/mol. The van der Waals surface area contributed by atoms with Crippen LogP contribution in [0.3, 0.4) is 0 Å². The van der Waals surface area contributed by atoms with Gasteiger partial charge in [-0.05, 0) is 55.8 Å². The fraction of sp³-hybridized carbons (Fsp3) is 0.167. The molecular weight excluding hydrogens is 406 g/mol. The molecule has 25 heavy (non-hydrogen) atoms. The lowest BCUT2D eigenvalue weighted by molar-refractivity contribution is -0.115. The number of benzene rings is 2. The third-order valence-electron chi connectivity index (χ3n) is 3.41. The van der Waals surface area contributed by atoms with E-state index in [4.69, 9.17) is 11.6 Å². The van der Waals surface area contributed by atoms with Crippen LogP contribution in [0.1, 0.15) is 29.3 Å². The van der Waals surface area contributed by atoms with Crippen LogP contribution < -0.4 is 10.7 Å². The molecule has 0 aliphatic heterocycles. The van der Waals surface area contributed by atoms with Crippen molar-refractivity contribution in [1.82, 2.24) is 5.43 Å². The Morgan fingerprint density at radius 2 is 1.84 bits per heavy atom. The molecule has 0 spiro atoms. The van der Waals surface area contributed by atoms with Crippen molar-refractivity contribution in [1.29, 1.82) is 0 Å². The van der Waals surface area contributed by atoms with E-state index in [9.17, 15) is 9.59 Å². The fourth-order valence-electron chi connectivity index (χ4n) is 2.02. The van der Waals surface area contributed by atoms with Crippen molar-refractivity contribution in [3.05, 3.63) is 63.1 Å². The van der Waals surface area contributed by atoms with E-state index in [0.29, 0.717) is 22.0 Å². The third-order valence-corrected chi connectivity index (χ3v) is 4.35. The molecule has 2 N–H and O–H groups in total. The summed E-state index contributed by atoms with van der Waals surface area (Å²) in [6.45, 7) is 3.50. The summed E-state index contributed by atoms with van der Waals surface area (Å²) in [5.41, 5.74) is 4.87. The minimum Gasteiger partial charge on any atom is -0.325 e. The smallest absolute Gasteiger partial charge is 0.271 e. The van der Waals surface area contributed by atoms with E-state index in [1.54, 1.807) is 49.4 Å². The molecule has 0 radical (unpaired) electrons. The van der Waals surface area contributed by atoms with E-state index in [-0.39, 0.29) is 18.2 Å². The number of halogens is 2. The van der Waals surface area contributed by atoms with Crippen LogP contribution in [0.2, 0.25) is 5.02 Å². The highest BCUT2D eigenvalue weighted by molar-refractivity contribution is 9.10. The zero-order valence-electron chi connectivity index (χ0n) is 13.8. The molecule has 0 heterocycles. The van der Waals surface area contributed by atoms with Gasteiger partial charge in [0, 0.05) is 26.5 Å². The van der Waals surface area contributed by atoms with Gasteiger partial charge in [0.25, 0.3) is 5.91 Å². The molecule has 0 saturated carbocycles. The van der Waals surface area contributed by atoms with Crippen LogP contribution in [0.4, 0.5) is 5.69 Å². The van der Waals surface area contributed by atoms with Crippen molar-refractivity contribution in [2.75, 3.05) is 5.32 Å². The van der Waals surface area contributed by atoms with Crippen LogP contribution >= 0.6 is 27.5 Å². The predicted molar refractivity (Wildman–Crippen MR) is 104 cm³/mol. The van der Waals surface area contributed by atoms with Crippen LogP contribution in [0.5, 0.6) is 0 Å². The summed E-state index contributed by atoms with van der Waals surface area (Å²) in [4.78, 5) is 24.1. The van der Waals surface area contributed by atoms with Gasteiger partial charge in [0.15, 0.2) is 0 Å². The molecule has 0 aliphatic rings. The lowest BCUT2D eigenvalue weighted by Gasteiger charge is -2.09. The number of hydrogen-bond donors (Lipinski definition) is 2. The van der Waals surface area contributed by atoms with E-state index in [1.807, 2.05) is 6.92 Å². The molecule has 2 aromatic carbocycles. The van der Waals surface area contributed by atoms with Gasteiger partial charge in [0.05, 0.1) is 6.42 Å². The molecule has 0 aromatic heterocycles. The van der Waals surface area contributed by atoms with Crippen LogP contribution in [-0.2, 0) is 4.79 Å². The summed E-state index contributed by atoms with van der Waals surface area (Å²) in [7, 11) is 0. The average molecular weight is 423 g/mol. The first-order valence-corrected chi connectivity index (χ1v) is 8.68. The quantitative estimate of drug-likeness (QED) is 0.548. The molecule has 0 bridgehead atoms. The second-order valence-electron chi connectivity index (χ2n) is 5.43. The van der Waals surface area contributed by atoms with Crippen molar-refractivity contribution in [3.8, 4) is 0 Å². The molecule has 2 amide bonds. The van der Waals surface area contributed by atoms with Crippen LogP contribution in [0, 0.1) is 6.92 Å². The maximum absolute atomic E-state index is 12.1. The van der Waals surface area contributed by atoms with Crippen LogP contribution in [0.15, 0.2) is 52.0 Å². The summed E-state index contributed by atoms with van der Waals surface area (Å²) in [5.74, 6) is -0.567. The Morgan fingerprint density at radius 3 is 2.52 bits per heavy atom. The lowest BCUT2D eigenvalue weighted by atomic mass is 10.2. The summed E-state index contributed by atoms with van der Waals surface area (Å²) in [6, 6.07) is 12.2. The van der Waals surface area contributed by atoms with Crippen molar-refractivity contribution in [3.63, 3.8) is 0 Å². The van der Waals surface area contributed by atoms with Gasteiger partial charge in [0.1, 0.15) is 0 Å². The Balaban J connectivity index is 1.92. The topological polar surface area (TPSA) is 70.6 Å². The van der Waals surface area contributed by atoms with Gasteiger partial charge in [-0.15, -0.1) is 0 Å². The first kappa shape index (κ1) is 19.1. The Bertz CT molecular complexity index is 820. The van der Waals surface area contributed by atoms with Gasteiger partial charge in [-0.3, -0.25) is 9.59 Å². The van der Waals surface area contributed by atoms with E-state index >= 15 is 0 Å². The Morgan fingerprint density at radius 1 is 1.16 bits per heavy atom. The van der Waals surface area contributed by atoms with Crippen molar-refractivity contribution in [2.24, 2.45) is 5.10 Å². The minimum absolute atomic E-state index is 0.0621. The molecule has 0 saturated heterocycles. The molecule has 0 aliphatic carbocycles.